The van der Waals surface area contributed by atoms with E-state index in [1.54, 1.807) is 23.1 Å². The molecule has 0 spiro atoms. The molecule has 1 unspecified atom stereocenters. The number of nitrogens with zero attached hydrogens (tertiary/aromatic N) is 2. The van der Waals surface area contributed by atoms with Gasteiger partial charge in [-0.2, -0.15) is 0 Å². The Morgan fingerprint density at radius 2 is 2.13 bits per heavy atom. The van der Waals surface area contributed by atoms with Gasteiger partial charge in [0.2, 0.25) is 5.91 Å². The molecule has 5 nitrogen and oxygen atoms in total. The third-order valence-electron chi connectivity index (χ3n) is 4.95. The van der Waals surface area contributed by atoms with Crippen molar-refractivity contribution >= 4 is 60.3 Å². The number of thiophene rings is 1. The van der Waals surface area contributed by atoms with E-state index in [2.05, 4.69) is 51.7 Å². The molecule has 0 aliphatic rings. The topological polar surface area (TPSA) is 63.5 Å². The Labute approximate surface area is 191 Å². The molecule has 3 aromatic heterocycles. The predicted octanol–water partition coefficient (Wildman–Crippen LogP) is 4.70. The molecule has 162 valence electrons. The molecule has 0 saturated heterocycles. The summed E-state index contributed by atoms with van der Waals surface area (Å²) in [5.41, 5.74) is 4.71. The zero-order valence-electron chi connectivity index (χ0n) is 17.6. The van der Waals surface area contributed by atoms with E-state index >= 15 is 0 Å². The number of aryl methyl sites for hydroxylation is 1. The number of hydrogen-bond acceptors (Lipinski definition) is 5. The summed E-state index contributed by atoms with van der Waals surface area (Å²) in [6.45, 7) is 2.16. The smallest absolute Gasteiger partial charge is 0.231 e. The van der Waals surface area contributed by atoms with Gasteiger partial charge in [0.05, 0.1) is 5.69 Å². The zero-order valence-corrected chi connectivity index (χ0v) is 20.0. The second-order valence-electron chi connectivity index (χ2n) is 7.66. The summed E-state index contributed by atoms with van der Waals surface area (Å²) in [7, 11) is -2.51. The average Bonchev–Trinajstić information content (AvgIpc) is 3.27. The minimum absolute atomic E-state index is 0.224. The number of aromatic nitrogens is 2. The highest BCUT2D eigenvalue weighted by atomic mass is 32.2. The zero-order chi connectivity index (χ0) is 22.0. The van der Waals surface area contributed by atoms with Crippen molar-refractivity contribution in [2.24, 2.45) is 0 Å². The summed E-state index contributed by atoms with van der Waals surface area (Å²) >= 11 is 3.45. The van der Waals surface area contributed by atoms with Crippen molar-refractivity contribution in [3.63, 3.8) is 0 Å². The van der Waals surface area contributed by atoms with E-state index in [0.29, 0.717) is 12.8 Å². The molecule has 1 N–H and O–H groups in total. The van der Waals surface area contributed by atoms with Crippen LogP contribution in [0.5, 0.6) is 0 Å². The number of benzene rings is 1. The van der Waals surface area contributed by atoms with E-state index in [0.717, 1.165) is 22.8 Å². The van der Waals surface area contributed by atoms with Crippen molar-refractivity contribution in [3.8, 4) is 0 Å². The summed E-state index contributed by atoms with van der Waals surface area (Å²) in [6, 6.07) is 12.5. The van der Waals surface area contributed by atoms with Gasteiger partial charge in [0.1, 0.15) is 10.7 Å². The predicted molar refractivity (Wildman–Crippen MR) is 134 cm³/mol. The maximum absolute atomic E-state index is 11.9. The lowest BCUT2D eigenvalue weighted by molar-refractivity contribution is -0.119. The van der Waals surface area contributed by atoms with Gasteiger partial charge < -0.3 is 4.40 Å². The first-order valence-corrected chi connectivity index (χ1v) is 14.0. The van der Waals surface area contributed by atoms with E-state index in [9.17, 15) is 9.00 Å². The van der Waals surface area contributed by atoms with Crippen molar-refractivity contribution in [1.82, 2.24) is 14.1 Å². The SMILES string of the molecule is C=S(C)(=O)NC(=O)CCCSc1nc2ccccn2c1Cc1csc2cccc(C)c12. The lowest BCUT2D eigenvalue weighted by Crippen LogP contribution is -2.28. The van der Waals surface area contributed by atoms with E-state index in [4.69, 9.17) is 4.98 Å². The lowest BCUT2D eigenvalue weighted by Gasteiger charge is -2.07. The summed E-state index contributed by atoms with van der Waals surface area (Å²) < 4.78 is 17.5. The number of rotatable bonds is 8. The molecular formula is C23H25N3O2S3. The first-order chi connectivity index (χ1) is 14.8. The Kier molecular flexibility index (Phi) is 6.41. The second kappa shape index (κ2) is 9.06. The van der Waals surface area contributed by atoms with Crippen LogP contribution >= 0.6 is 23.1 Å². The summed E-state index contributed by atoms with van der Waals surface area (Å²) in [6.07, 6.45) is 5.30. The number of imidazole rings is 1. The molecule has 4 rings (SSSR count). The summed E-state index contributed by atoms with van der Waals surface area (Å²) in [5.74, 6) is 4.00. The van der Waals surface area contributed by atoms with Gasteiger partial charge in [-0.15, -0.1) is 23.1 Å². The fraction of sp³-hybridized carbons (Fsp3) is 0.261. The number of thioether (sulfide) groups is 1. The molecule has 1 amide bonds. The number of pyridine rings is 1. The first-order valence-electron chi connectivity index (χ1n) is 9.99. The summed E-state index contributed by atoms with van der Waals surface area (Å²) in [4.78, 5) is 16.7. The van der Waals surface area contributed by atoms with E-state index in [1.165, 1.54) is 33.2 Å². The van der Waals surface area contributed by atoms with Gasteiger partial charge in [0.25, 0.3) is 0 Å². The second-order valence-corrected chi connectivity index (χ2v) is 11.9. The largest absolute Gasteiger partial charge is 0.303 e. The minimum Gasteiger partial charge on any atom is -0.303 e. The molecule has 8 heteroatoms. The molecule has 1 atom stereocenters. The van der Waals surface area contributed by atoms with Gasteiger partial charge in [0.15, 0.2) is 0 Å². The molecule has 0 fully saturated rings. The Bertz CT molecular complexity index is 1350. The van der Waals surface area contributed by atoms with Gasteiger partial charge >= 0.3 is 0 Å². The molecular weight excluding hydrogens is 446 g/mol. The van der Waals surface area contributed by atoms with E-state index in [-0.39, 0.29) is 5.91 Å². The van der Waals surface area contributed by atoms with Crippen LogP contribution in [0.2, 0.25) is 0 Å². The number of hydrogen-bond donors (Lipinski definition) is 1. The van der Waals surface area contributed by atoms with Crippen molar-refractivity contribution in [3.05, 3.63) is 64.8 Å². The molecule has 31 heavy (non-hydrogen) atoms. The molecule has 4 aromatic rings. The van der Waals surface area contributed by atoms with Gasteiger partial charge in [-0.25, -0.2) is 9.19 Å². The van der Waals surface area contributed by atoms with Crippen LogP contribution in [0.15, 0.2) is 53.0 Å². The standard InChI is InChI=1S/C23H25N3O2S3/c1-16-8-6-9-19-22(16)17(15-30-19)14-18-23(24-20-10-4-5-12-26(18)20)29-13-7-11-21(27)25-31(2,3)28/h4-6,8-10,12,15H,2,7,11,13-14H2,1,3H3,(H,25,27,28). The first kappa shape index (κ1) is 21.9. The monoisotopic (exact) mass is 471 g/mol. The maximum Gasteiger partial charge on any atom is 0.231 e. The summed E-state index contributed by atoms with van der Waals surface area (Å²) in [5, 5.41) is 4.58. The molecule has 0 aliphatic carbocycles. The van der Waals surface area contributed by atoms with Crippen molar-refractivity contribution in [2.45, 2.75) is 31.2 Å². The third kappa shape index (κ3) is 5.14. The number of fused-ring (bicyclic) bond motifs is 2. The van der Waals surface area contributed by atoms with Crippen LogP contribution in [0.4, 0.5) is 0 Å². The molecule has 0 bridgehead atoms. The van der Waals surface area contributed by atoms with Crippen molar-refractivity contribution in [1.29, 1.82) is 0 Å². The Morgan fingerprint density at radius 1 is 1.29 bits per heavy atom. The highest BCUT2D eigenvalue weighted by molar-refractivity contribution is 7.99. The minimum atomic E-state index is -2.51. The molecule has 0 saturated carbocycles. The van der Waals surface area contributed by atoms with Crippen LogP contribution in [0.1, 0.15) is 29.7 Å². The normalized spacial score (nSPS) is 13.5. The number of carbonyl (C=O) groups is 1. The van der Waals surface area contributed by atoms with Crippen molar-refractivity contribution < 1.29 is 9.00 Å². The lowest BCUT2D eigenvalue weighted by atomic mass is 10.0. The van der Waals surface area contributed by atoms with Crippen molar-refractivity contribution in [2.75, 3.05) is 12.0 Å². The molecule has 0 radical (unpaired) electrons. The number of nitrogens with one attached hydrogen (secondary N) is 1. The van der Waals surface area contributed by atoms with E-state index < -0.39 is 9.71 Å². The highest BCUT2D eigenvalue weighted by Crippen LogP contribution is 2.33. The van der Waals surface area contributed by atoms with Gasteiger partial charge in [-0.1, -0.05) is 18.2 Å². The van der Waals surface area contributed by atoms with Crippen LogP contribution in [0.3, 0.4) is 0 Å². The quantitative estimate of drug-likeness (QED) is 0.230. The van der Waals surface area contributed by atoms with Crippen LogP contribution in [0.25, 0.3) is 15.7 Å². The molecule has 1 aromatic carbocycles. The Morgan fingerprint density at radius 3 is 2.94 bits per heavy atom. The van der Waals surface area contributed by atoms with Crippen LogP contribution in [0, 0.1) is 6.92 Å². The fourth-order valence-corrected chi connectivity index (χ4v) is 6.25. The Hall–Kier alpha value is -2.29. The van der Waals surface area contributed by atoms with Crippen LogP contribution in [-0.4, -0.2) is 37.4 Å². The van der Waals surface area contributed by atoms with Gasteiger partial charge in [0, 0.05) is 45.5 Å². The fourth-order valence-electron chi connectivity index (χ4n) is 3.65. The van der Waals surface area contributed by atoms with Crippen LogP contribution in [-0.2, 0) is 20.9 Å². The number of carbonyl (C=O) groups excluding carboxylic acids is 1. The molecule has 3 heterocycles. The van der Waals surface area contributed by atoms with E-state index in [1.807, 2.05) is 18.2 Å². The van der Waals surface area contributed by atoms with Gasteiger partial charge in [-0.3, -0.25) is 9.52 Å². The average molecular weight is 472 g/mol. The number of amides is 1. The highest BCUT2D eigenvalue weighted by Gasteiger charge is 2.16. The van der Waals surface area contributed by atoms with Crippen LogP contribution < -0.4 is 4.72 Å². The van der Waals surface area contributed by atoms with Gasteiger partial charge in [-0.05, 0) is 59.3 Å². The maximum atomic E-state index is 11.9. The molecule has 0 aliphatic heterocycles. The Balaban J connectivity index is 1.54. The third-order valence-corrected chi connectivity index (χ3v) is 7.70.